The van der Waals surface area contributed by atoms with Crippen molar-refractivity contribution in [2.75, 3.05) is 6.54 Å². The van der Waals surface area contributed by atoms with Gasteiger partial charge in [0.15, 0.2) is 0 Å². The molecule has 0 fully saturated rings. The molecule has 4 aromatic rings. The van der Waals surface area contributed by atoms with Crippen molar-refractivity contribution >= 4 is 16.9 Å². The highest BCUT2D eigenvalue weighted by Gasteiger charge is 2.11. The van der Waals surface area contributed by atoms with Crippen LogP contribution in [0.25, 0.3) is 22.2 Å². The number of aryl methyl sites for hydroxylation is 2. The number of para-hydroxylation sites is 2. The van der Waals surface area contributed by atoms with Crippen molar-refractivity contribution in [1.29, 1.82) is 0 Å². The van der Waals surface area contributed by atoms with E-state index in [0.29, 0.717) is 13.0 Å². The molecule has 1 N–H and O–H groups in total. The molecule has 0 aliphatic carbocycles. The Balaban J connectivity index is 1.11. The normalized spacial score (nSPS) is 11.3. The van der Waals surface area contributed by atoms with E-state index in [1.54, 1.807) is 0 Å². The maximum absolute atomic E-state index is 12.6. The number of hydrogen-bond acceptors (Lipinski definition) is 2. The number of carbonyl (C=O) groups is 1. The molecule has 3 aromatic carbocycles. The second-order valence-corrected chi connectivity index (χ2v) is 12.5. The molecule has 0 spiro atoms. The quantitative estimate of drug-likeness (QED) is 0.0922. The number of nitrogens with one attached hydrogen (secondary N) is 1. The Morgan fingerprint density at radius 1 is 0.636 bits per heavy atom. The second kappa shape index (κ2) is 19.8. The second-order valence-electron chi connectivity index (χ2n) is 12.5. The van der Waals surface area contributed by atoms with Crippen LogP contribution in [0, 0.1) is 0 Å². The SMILES string of the molecule is CCCCCCCCCCCCCCCCn1c(CCCNC(=O)Cc2ccc(-c3ccccc3)cc2)nc2ccccc21. The minimum absolute atomic E-state index is 0.0772. The molecule has 0 saturated heterocycles. The van der Waals surface area contributed by atoms with Crippen molar-refractivity contribution in [1.82, 2.24) is 14.9 Å². The molecule has 1 amide bonds. The number of nitrogens with zero attached hydrogens (tertiary/aromatic N) is 2. The maximum atomic E-state index is 12.6. The molecule has 1 aromatic heterocycles. The average molecular weight is 594 g/mol. The number of benzene rings is 3. The zero-order valence-corrected chi connectivity index (χ0v) is 27.2. The van der Waals surface area contributed by atoms with Crippen molar-refractivity contribution in [3.63, 3.8) is 0 Å². The smallest absolute Gasteiger partial charge is 0.224 e. The van der Waals surface area contributed by atoms with Gasteiger partial charge in [-0.2, -0.15) is 0 Å². The lowest BCUT2D eigenvalue weighted by molar-refractivity contribution is -0.120. The standard InChI is InChI=1S/C40H55N3O/c1-2-3-4-5-6-7-8-9-10-11-12-13-14-20-32-43-38-25-19-18-24-37(38)42-39(43)26-21-31-41-40(44)33-34-27-29-36(30-28-34)35-22-16-15-17-23-35/h15-19,22-25,27-30H,2-14,20-21,26,31-33H2,1H3,(H,41,44). The molecular weight excluding hydrogens is 538 g/mol. The molecule has 0 saturated carbocycles. The molecule has 0 atom stereocenters. The minimum Gasteiger partial charge on any atom is -0.356 e. The van der Waals surface area contributed by atoms with E-state index >= 15 is 0 Å². The molecular formula is C40H55N3O. The minimum atomic E-state index is 0.0772. The van der Waals surface area contributed by atoms with Gasteiger partial charge in [0.1, 0.15) is 5.82 Å². The van der Waals surface area contributed by atoms with E-state index in [2.05, 4.69) is 77.5 Å². The van der Waals surface area contributed by atoms with Crippen molar-refractivity contribution in [2.45, 2.75) is 123 Å². The fourth-order valence-electron chi connectivity index (χ4n) is 6.20. The number of fused-ring (bicyclic) bond motifs is 1. The first kappa shape index (κ1) is 33.5. The molecule has 0 radical (unpaired) electrons. The fourth-order valence-corrected chi connectivity index (χ4v) is 6.20. The number of aromatic nitrogens is 2. The Kier molecular flexibility index (Phi) is 15.1. The summed E-state index contributed by atoms with van der Waals surface area (Å²) >= 11 is 0. The van der Waals surface area contributed by atoms with Crippen molar-refractivity contribution in [3.05, 3.63) is 90.3 Å². The number of rotatable bonds is 22. The first-order valence-electron chi connectivity index (χ1n) is 17.6. The van der Waals surface area contributed by atoms with E-state index in [1.165, 1.54) is 107 Å². The monoisotopic (exact) mass is 593 g/mol. The van der Waals surface area contributed by atoms with Crippen LogP contribution in [0.4, 0.5) is 0 Å². The van der Waals surface area contributed by atoms with Crippen molar-refractivity contribution in [3.8, 4) is 11.1 Å². The van der Waals surface area contributed by atoms with E-state index in [0.717, 1.165) is 36.3 Å². The van der Waals surface area contributed by atoms with Crippen LogP contribution in [0.3, 0.4) is 0 Å². The summed E-state index contributed by atoms with van der Waals surface area (Å²) in [5.41, 5.74) is 5.72. The lowest BCUT2D eigenvalue weighted by Crippen LogP contribution is -2.26. The predicted molar refractivity (Wildman–Crippen MR) is 187 cm³/mol. The number of amides is 1. The molecule has 0 unspecified atom stereocenters. The third-order valence-electron chi connectivity index (χ3n) is 8.79. The molecule has 44 heavy (non-hydrogen) atoms. The summed E-state index contributed by atoms with van der Waals surface area (Å²) in [7, 11) is 0. The van der Waals surface area contributed by atoms with Crippen LogP contribution in [-0.2, 0) is 24.2 Å². The lowest BCUT2D eigenvalue weighted by atomic mass is 10.0. The number of hydrogen-bond donors (Lipinski definition) is 1. The van der Waals surface area contributed by atoms with Gasteiger partial charge in [-0.05, 0) is 41.7 Å². The van der Waals surface area contributed by atoms with Gasteiger partial charge in [0, 0.05) is 19.5 Å². The topological polar surface area (TPSA) is 46.9 Å². The van der Waals surface area contributed by atoms with Gasteiger partial charge >= 0.3 is 0 Å². The van der Waals surface area contributed by atoms with Gasteiger partial charge in [-0.1, -0.05) is 157 Å². The average Bonchev–Trinajstić information content (AvgIpc) is 3.41. The van der Waals surface area contributed by atoms with Gasteiger partial charge in [0.05, 0.1) is 17.5 Å². The molecule has 4 rings (SSSR count). The first-order chi connectivity index (χ1) is 21.7. The van der Waals surface area contributed by atoms with Gasteiger partial charge in [-0.25, -0.2) is 4.98 Å². The molecule has 0 aliphatic heterocycles. The van der Waals surface area contributed by atoms with Crippen LogP contribution >= 0.6 is 0 Å². The van der Waals surface area contributed by atoms with Crippen molar-refractivity contribution < 1.29 is 4.79 Å². The summed E-state index contributed by atoms with van der Waals surface area (Å²) < 4.78 is 2.42. The summed E-state index contributed by atoms with van der Waals surface area (Å²) in [5, 5.41) is 3.12. The Bertz CT molecular complexity index is 1340. The summed E-state index contributed by atoms with van der Waals surface area (Å²) in [6.45, 7) is 3.99. The highest BCUT2D eigenvalue weighted by molar-refractivity contribution is 5.79. The lowest BCUT2D eigenvalue weighted by Gasteiger charge is -2.10. The van der Waals surface area contributed by atoms with Crippen LogP contribution in [0.1, 0.15) is 115 Å². The third kappa shape index (κ3) is 11.6. The van der Waals surface area contributed by atoms with Crippen LogP contribution < -0.4 is 5.32 Å². The van der Waals surface area contributed by atoms with Crippen LogP contribution in [0.15, 0.2) is 78.9 Å². The third-order valence-corrected chi connectivity index (χ3v) is 8.79. The summed E-state index contributed by atoms with van der Waals surface area (Å²) in [5.74, 6) is 1.22. The first-order valence-corrected chi connectivity index (χ1v) is 17.6. The Hall–Kier alpha value is -3.40. The van der Waals surface area contributed by atoms with Crippen LogP contribution in [0.2, 0.25) is 0 Å². The Morgan fingerprint density at radius 2 is 1.20 bits per heavy atom. The predicted octanol–water partition coefficient (Wildman–Crippen LogP) is 10.5. The van der Waals surface area contributed by atoms with E-state index < -0.39 is 0 Å². The van der Waals surface area contributed by atoms with Gasteiger partial charge in [0.25, 0.3) is 0 Å². The zero-order chi connectivity index (χ0) is 30.7. The highest BCUT2D eigenvalue weighted by Crippen LogP contribution is 2.21. The molecule has 0 bridgehead atoms. The number of carbonyl (C=O) groups excluding carboxylic acids is 1. The fraction of sp³-hybridized carbons (Fsp3) is 0.500. The van der Waals surface area contributed by atoms with Crippen LogP contribution in [-0.4, -0.2) is 22.0 Å². The summed E-state index contributed by atoms with van der Waals surface area (Å²) in [4.78, 5) is 17.6. The summed E-state index contributed by atoms with van der Waals surface area (Å²) in [6, 6.07) is 27.1. The van der Waals surface area contributed by atoms with E-state index in [1.807, 2.05) is 18.2 Å². The van der Waals surface area contributed by atoms with Gasteiger partial charge < -0.3 is 9.88 Å². The molecule has 4 heteroatoms. The molecule has 1 heterocycles. The van der Waals surface area contributed by atoms with Crippen molar-refractivity contribution in [2.24, 2.45) is 0 Å². The van der Waals surface area contributed by atoms with Gasteiger partial charge in [-0.3, -0.25) is 4.79 Å². The number of imidazole rings is 1. The van der Waals surface area contributed by atoms with E-state index in [-0.39, 0.29) is 5.91 Å². The maximum Gasteiger partial charge on any atom is 0.224 e. The highest BCUT2D eigenvalue weighted by atomic mass is 16.1. The van der Waals surface area contributed by atoms with Gasteiger partial charge in [-0.15, -0.1) is 0 Å². The molecule has 4 nitrogen and oxygen atoms in total. The zero-order valence-electron chi connectivity index (χ0n) is 27.2. The largest absolute Gasteiger partial charge is 0.356 e. The van der Waals surface area contributed by atoms with Crippen LogP contribution in [0.5, 0.6) is 0 Å². The molecule has 236 valence electrons. The Labute approximate surface area is 266 Å². The van der Waals surface area contributed by atoms with E-state index in [4.69, 9.17) is 4.98 Å². The van der Waals surface area contributed by atoms with E-state index in [9.17, 15) is 4.79 Å². The Morgan fingerprint density at radius 3 is 1.86 bits per heavy atom. The number of unbranched alkanes of at least 4 members (excludes halogenated alkanes) is 13. The van der Waals surface area contributed by atoms with Gasteiger partial charge in [0.2, 0.25) is 5.91 Å². The molecule has 0 aliphatic rings. The summed E-state index contributed by atoms with van der Waals surface area (Å²) in [6.07, 6.45) is 21.5.